The molecule has 0 radical (unpaired) electrons. The molecule has 23 heavy (non-hydrogen) atoms. The maximum Gasteiger partial charge on any atom is 0.265 e. The highest BCUT2D eigenvalue weighted by molar-refractivity contribution is 7.91. The number of hydrogen-bond donors (Lipinski definition) is 1. The van der Waals surface area contributed by atoms with Gasteiger partial charge in [-0.15, -0.1) is 11.3 Å². The molecule has 0 atom stereocenters. The average Bonchev–Trinajstić information content (AvgIpc) is 3.21. The predicted octanol–water partition coefficient (Wildman–Crippen LogP) is 2.92. The van der Waals surface area contributed by atoms with Crippen LogP contribution in [0.5, 0.6) is 0 Å². The van der Waals surface area contributed by atoms with Gasteiger partial charge in [-0.05, 0) is 49.2 Å². The molecular formula is C15H15FN2O3S2. The maximum atomic E-state index is 12.8. The van der Waals surface area contributed by atoms with Crippen molar-refractivity contribution in [1.82, 2.24) is 4.31 Å². The van der Waals surface area contributed by atoms with Crippen molar-refractivity contribution in [3.63, 3.8) is 0 Å². The van der Waals surface area contributed by atoms with Crippen LogP contribution in [0.15, 0.2) is 40.6 Å². The third kappa shape index (κ3) is 3.44. The number of nitrogens with zero attached hydrogens (tertiary/aromatic N) is 1. The number of amides is 1. The van der Waals surface area contributed by atoms with E-state index in [1.807, 2.05) is 0 Å². The van der Waals surface area contributed by atoms with Crippen LogP contribution in [0.3, 0.4) is 0 Å². The van der Waals surface area contributed by atoms with Gasteiger partial charge in [0.25, 0.3) is 15.9 Å². The van der Waals surface area contributed by atoms with Crippen LogP contribution >= 0.6 is 11.3 Å². The standard InChI is InChI=1S/C15H15FN2O3S2/c16-11-3-5-12(6-4-11)17-15(19)13-7-8-14(22-13)23(20,21)18-9-1-2-10-18/h3-8H,1-2,9-10H2,(H,17,19). The van der Waals surface area contributed by atoms with E-state index in [0.29, 0.717) is 23.7 Å². The smallest absolute Gasteiger partial charge is 0.265 e. The number of benzene rings is 1. The number of anilines is 1. The van der Waals surface area contributed by atoms with Crippen LogP contribution in [0.1, 0.15) is 22.5 Å². The molecule has 1 aliphatic rings. The van der Waals surface area contributed by atoms with E-state index < -0.39 is 21.7 Å². The largest absolute Gasteiger partial charge is 0.321 e. The summed E-state index contributed by atoms with van der Waals surface area (Å²) < 4.78 is 39.3. The fraction of sp³-hybridized carbons (Fsp3) is 0.267. The highest BCUT2D eigenvalue weighted by atomic mass is 32.2. The Kier molecular flexibility index (Phi) is 4.47. The molecule has 1 fully saturated rings. The van der Waals surface area contributed by atoms with E-state index in [4.69, 9.17) is 0 Å². The minimum atomic E-state index is -3.51. The van der Waals surface area contributed by atoms with Crippen molar-refractivity contribution in [2.45, 2.75) is 17.1 Å². The van der Waals surface area contributed by atoms with E-state index in [1.165, 1.54) is 40.7 Å². The van der Waals surface area contributed by atoms with E-state index in [-0.39, 0.29) is 4.21 Å². The lowest BCUT2D eigenvalue weighted by molar-refractivity contribution is 0.103. The SMILES string of the molecule is O=C(Nc1ccc(F)cc1)c1ccc(S(=O)(=O)N2CCCC2)s1. The molecule has 3 rings (SSSR count). The first-order valence-electron chi connectivity index (χ1n) is 7.14. The second-order valence-corrected chi connectivity index (χ2v) is 8.44. The fourth-order valence-electron chi connectivity index (χ4n) is 2.36. The van der Waals surface area contributed by atoms with Crippen molar-refractivity contribution in [3.05, 3.63) is 47.1 Å². The number of halogens is 1. The van der Waals surface area contributed by atoms with E-state index in [0.717, 1.165) is 24.2 Å². The highest BCUT2D eigenvalue weighted by Gasteiger charge is 2.29. The summed E-state index contributed by atoms with van der Waals surface area (Å²) in [6, 6.07) is 8.33. The number of nitrogens with one attached hydrogen (secondary N) is 1. The quantitative estimate of drug-likeness (QED) is 0.918. The Labute approximate surface area is 137 Å². The Morgan fingerprint density at radius 2 is 1.74 bits per heavy atom. The number of sulfonamides is 1. The van der Waals surface area contributed by atoms with Gasteiger partial charge in [0.1, 0.15) is 10.0 Å². The summed E-state index contributed by atoms with van der Waals surface area (Å²) in [7, 11) is -3.51. The zero-order valence-corrected chi connectivity index (χ0v) is 13.8. The van der Waals surface area contributed by atoms with Crippen molar-refractivity contribution < 1.29 is 17.6 Å². The summed E-state index contributed by atoms with van der Waals surface area (Å²) in [6.07, 6.45) is 1.73. The molecule has 0 unspecified atom stereocenters. The number of hydrogen-bond acceptors (Lipinski definition) is 4. The minimum absolute atomic E-state index is 0.170. The van der Waals surface area contributed by atoms with E-state index >= 15 is 0 Å². The molecule has 5 nitrogen and oxygen atoms in total. The van der Waals surface area contributed by atoms with Crippen LogP contribution < -0.4 is 5.32 Å². The second kappa shape index (κ2) is 6.38. The maximum absolute atomic E-state index is 12.8. The van der Waals surface area contributed by atoms with Crippen LogP contribution in [0, 0.1) is 5.82 Å². The van der Waals surface area contributed by atoms with Crippen molar-refractivity contribution in [2.24, 2.45) is 0 Å². The number of thiophene rings is 1. The van der Waals surface area contributed by atoms with Gasteiger partial charge in [0.2, 0.25) is 0 Å². The molecule has 0 bridgehead atoms. The molecular weight excluding hydrogens is 339 g/mol. The number of carbonyl (C=O) groups excluding carboxylic acids is 1. The third-order valence-corrected chi connectivity index (χ3v) is 7.02. The molecule has 1 aromatic carbocycles. The van der Waals surface area contributed by atoms with Crippen molar-refractivity contribution in [1.29, 1.82) is 0 Å². The molecule has 1 N–H and O–H groups in total. The fourth-order valence-corrected chi connectivity index (χ4v) is 5.24. The minimum Gasteiger partial charge on any atom is -0.321 e. The third-order valence-electron chi connectivity index (χ3n) is 3.57. The monoisotopic (exact) mass is 354 g/mol. The first kappa shape index (κ1) is 16.1. The zero-order valence-electron chi connectivity index (χ0n) is 12.2. The van der Waals surface area contributed by atoms with Gasteiger partial charge in [-0.1, -0.05) is 0 Å². The predicted molar refractivity (Wildman–Crippen MR) is 86.7 cm³/mol. The summed E-state index contributed by atoms with van der Waals surface area (Å²) in [5, 5.41) is 2.62. The molecule has 1 saturated heterocycles. The average molecular weight is 354 g/mol. The Morgan fingerprint density at radius 1 is 1.09 bits per heavy atom. The summed E-state index contributed by atoms with van der Waals surface area (Å²) in [5.74, 6) is -0.803. The van der Waals surface area contributed by atoms with Gasteiger partial charge in [0.05, 0.1) is 4.88 Å². The van der Waals surface area contributed by atoms with Crippen molar-refractivity contribution >= 4 is 33.0 Å². The van der Waals surface area contributed by atoms with E-state index in [1.54, 1.807) is 0 Å². The molecule has 1 aliphatic heterocycles. The van der Waals surface area contributed by atoms with Crippen molar-refractivity contribution in [3.8, 4) is 0 Å². The van der Waals surface area contributed by atoms with Gasteiger partial charge < -0.3 is 5.32 Å². The van der Waals surface area contributed by atoms with E-state index in [2.05, 4.69) is 5.32 Å². The molecule has 0 spiro atoms. The van der Waals surface area contributed by atoms with Crippen LogP contribution in [0.4, 0.5) is 10.1 Å². The number of carbonyl (C=O) groups is 1. The van der Waals surface area contributed by atoms with Gasteiger partial charge >= 0.3 is 0 Å². The van der Waals surface area contributed by atoms with Crippen LogP contribution in [0.2, 0.25) is 0 Å². The summed E-state index contributed by atoms with van der Waals surface area (Å²) in [6.45, 7) is 1.05. The summed E-state index contributed by atoms with van der Waals surface area (Å²) in [4.78, 5) is 12.5. The molecule has 1 amide bonds. The topological polar surface area (TPSA) is 66.5 Å². The summed E-state index contributed by atoms with van der Waals surface area (Å²) >= 11 is 0.941. The Bertz CT molecular complexity index is 810. The zero-order chi connectivity index (χ0) is 16.4. The van der Waals surface area contributed by atoms with Gasteiger partial charge in [-0.25, -0.2) is 12.8 Å². The van der Waals surface area contributed by atoms with Crippen LogP contribution in [-0.2, 0) is 10.0 Å². The van der Waals surface area contributed by atoms with Crippen molar-refractivity contribution in [2.75, 3.05) is 18.4 Å². The molecule has 2 heterocycles. The van der Waals surface area contributed by atoms with Gasteiger partial charge in [0, 0.05) is 18.8 Å². The lowest BCUT2D eigenvalue weighted by Crippen LogP contribution is -2.27. The Hall–Kier alpha value is -1.77. The molecule has 0 aliphatic carbocycles. The highest BCUT2D eigenvalue weighted by Crippen LogP contribution is 2.27. The molecule has 1 aromatic heterocycles. The van der Waals surface area contributed by atoms with Gasteiger partial charge in [-0.3, -0.25) is 4.79 Å². The lowest BCUT2D eigenvalue weighted by atomic mass is 10.3. The van der Waals surface area contributed by atoms with Gasteiger partial charge in [0.15, 0.2) is 0 Å². The van der Waals surface area contributed by atoms with Gasteiger partial charge in [-0.2, -0.15) is 4.31 Å². The molecule has 8 heteroatoms. The first-order valence-corrected chi connectivity index (χ1v) is 9.39. The molecule has 2 aromatic rings. The second-order valence-electron chi connectivity index (χ2n) is 5.19. The van der Waals surface area contributed by atoms with Crippen LogP contribution in [-0.4, -0.2) is 31.7 Å². The number of rotatable bonds is 4. The van der Waals surface area contributed by atoms with E-state index in [9.17, 15) is 17.6 Å². The van der Waals surface area contributed by atoms with Crippen LogP contribution in [0.25, 0.3) is 0 Å². The first-order chi connectivity index (χ1) is 11.0. The Balaban J connectivity index is 1.76. The molecule has 0 saturated carbocycles. The lowest BCUT2D eigenvalue weighted by Gasteiger charge is -2.13. The Morgan fingerprint density at radius 3 is 2.39 bits per heavy atom. The molecule has 122 valence electrons. The normalized spacial score (nSPS) is 15.7. The summed E-state index contributed by atoms with van der Waals surface area (Å²) in [5.41, 5.74) is 0.453.